The molecule has 1 aromatic rings. The molecule has 0 saturated heterocycles. The summed E-state index contributed by atoms with van der Waals surface area (Å²) in [6.07, 6.45) is 0.971. The van der Waals surface area contributed by atoms with Gasteiger partial charge < -0.3 is 15.5 Å². The first-order valence-electron chi connectivity index (χ1n) is 7.21. The van der Waals surface area contributed by atoms with Gasteiger partial charge in [0.25, 0.3) is 5.69 Å². The van der Waals surface area contributed by atoms with E-state index in [1.165, 1.54) is 0 Å². The number of benzene rings is 1. The van der Waals surface area contributed by atoms with Crippen LogP contribution in [0.2, 0.25) is 0 Å². The van der Waals surface area contributed by atoms with E-state index in [4.69, 9.17) is 0 Å². The molecule has 118 valence electrons. The van der Waals surface area contributed by atoms with Crippen molar-refractivity contribution in [3.63, 3.8) is 0 Å². The highest BCUT2D eigenvalue weighted by Crippen LogP contribution is 2.25. The highest BCUT2D eigenvalue weighted by Gasteiger charge is 2.20. The molecule has 0 fully saturated rings. The van der Waals surface area contributed by atoms with Crippen molar-refractivity contribution in [2.24, 2.45) is 0 Å². The maximum atomic E-state index is 11.0. The van der Waals surface area contributed by atoms with Crippen LogP contribution in [0.3, 0.4) is 0 Å². The van der Waals surface area contributed by atoms with Gasteiger partial charge in [0.1, 0.15) is 0 Å². The number of nitrogens with one attached hydrogen (secondary N) is 2. The van der Waals surface area contributed by atoms with Gasteiger partial charge in [-0.1, -0.05) is 6.92 Å². The van der Waals surface area contributed by atoms with E-state index in [9.17, 15) is 10.1 Å². The van der Waals surface area contributed by atoms with Crippen molar-refractivity contribution in [1.82, 2.24) is 4.90 Å². The van der Waals surface area contributed by atoms with Crippen LogP contribution < -0.4 is 10.6 Å². The van der Waals surface area contributed by atoms with Gasteiger partial charge in [0.15, 0.2) is 0 Å². The third kappa shape index (κ3) is 5.23. The highest BCUT2D eigenvalue weighted by molar-refractivity contribution is 5.63. The Kier molecular flexibility index (Phi) is 5.96. The molecule has 0 aliphatic heterocycles. The summed E-state index contributed by atoms with van der Waals surface area (Å²) in [5, 5.41) is 17.5. The van der Waals surface area contributed by atoms with E-state index < -0.39 is 0 Å². The minimum Gasteiger partial charge on any atom is -0.385 e. The molecule has 0 heterocycles. The molecule has 6 nitrogen and oxygen atoms in total. The fourth-order valence-corrected chi connectivity index (χ4v) is 1.67. The number of anilines is 2. The first kappa shape index (κ1) is 17.2. The predicted molar refractivity (Wildman–Crippen MR) is 88.1 cm³/mol. The molecule has 1 aromatic carbocycles. The van der Waals surface area contributed by atoms with Crippen LogP contribution in [0.15, 0.2) is 18.2 Å². The molecule has 0 aliphatic carbocycles. The Morgan fingerprint density at radius 2 is 1.76 bits per heavy atom. The van der Waals surface area contributed by atoms with Crippen LogP contribution in [0.25, 0.3) is 0 Å². The van der Waals surface area contributed by atoms with Crippen LogP contribution >= 0.6 is 0 Å². The average molecular weight is 294 g/mol. The van der Waals surface area contributed by atoms with E-state index in [1.807, 2.05) is 20.2 Å². The molecule has 2 N–H and O–H groups in total. The summed E-state index contributed by atoms with van der Waals surface area (Å²) in [6.45, 7) is 7.79. The van der Waals surface area contributed by atoms with Gasteiger partial charge in [-0.05, 0) is 40.4 Å². The normalized spacial score (nSPS) is 11.5. The fourth-order valence-electron chi connectivity index (χ4n) is 1.67. The second-order valence-electron chi connectivity index (χ2n) is 6.01. The van der Waals surface area contributed by atoms with E-state index in [0.29, 0.717) is 6.54 Å². The number of nitro benzene ring substituents is 1. The lowest BCUT2D eigenvalue weighted by Gasteiger charge is -2.33. The topological polar surface area (TPSA) is 70.4 Å². The molecule has 0 amide bonds. The minimum absolute atomic E-state index is 0.0400. The summed E-state index contributed by atoms with van der Waals surface area (Å²) in [4.78, 5) is 12.8. The molecule has 0 aliphatic rings. The number of non-ortho nitro benzene ring substituents is 1. The monoisotopic (exact) mass is 294 g/mol. The van der Waals surface area contributed by atoms with Crippen molar-refractivity contribution in [2.45, 2.75) is 32.7 Å². The Morgan fingerprint density at radius 1 is 1.19 bits per heavy atom. The van der Waals surface area contributed by atoms with E-state index in [0.717, 1.165) is 24.3 Å². The zero-order chi connectivity index (χ0) is 16.0. The van der Waals surface area contributed by atoms with Gasteiger partial charge in [0.2, 0.25) is 0 Å². The Balaban J connectivity index is 2.90. The first-order valence-corrected chi connectivity index (χ1v) is 7.21. The third-order valence-electron chi connectivity index (χ3n) is 3.64. The van der Waals surface area contributed by atoms with Gasteiger partial charge in [-0.3, -0.25) is 10.1 Å². The maximum Gasteiger partial charge on any atom is 0.273 e. The average Bonchev–Trinajstić information content (AvgIpc) is 2.42. The standard InChI is InChI=1S/C15H26N4O2/c1-6-7-16-12-8-13(10-14(9-12)19(20)21)17-11-15(2,3)18(4)5/h8-10,16-17H,6-7,11H2,1-5H3. The van der Waals surface area contributed by atoms with Crippen LogP contribution in [-0.2, 0) is 0 Å². The number of rotatable bonds is 8. The van der Waals surface area contributed by atoms with Gasteiger partial charge in [-0.25, -0.2) is 0 Å². The number of hydrogen-bond donors (Lipinski definition) is 2. The Labute approximate surface area is 126 Å². The lowest BCUT2D eigenvalue weighted by molar-refractivity contribution is -0.384. The molecule has 0 aromatic heterocycles. The van der Waals surface area contributed by atoms with Crippen LogP contribution in [0.5, 0.6) is 0 Å². The summed E-state index contributed by atoms with van der Waals surface area (Å²) >= 11 is 0. The number of nitrogens with zero attached hydrogens (tertiary/aromatic N) is 2. The summed E-state index contributed by atoms with van der Waals surface area (Å²) in [5.74, 6) is 0. The van der Waals surface area contributed by atoms with Gasteiger partial charge >= 0.3 is 0 Å². The zero-order valence-electron chi connectivity index (χ0n) is 13.6. The van der Waals surface area contributed by atoms with E-state index in [2.05, 4.69) is 36.3 Å². The van der Waals surface area contributed by atoms with Gasteiger partial charge in [0.05, 0.1) is 4.92 Å². The Bertz CT molecular complexity index is 487. The second kappa shape index (κ2) is 7.26. The van der Waals surface area contributed by atoms with Crippen LogP contribution in [-0.4, -0.2) is 42.5 Å². The SMILES string of the molecule is CCCNc1cc(NCC(C)(C)N(C)C)cc([N+](=O)[O-])c1. The summed E-state index contributed by atoms with van der Waals surface area (Å²) < 4.78 is 0. The van der Waals surface area contributed by atoms with Crippen LogP contribution in [0.4, 0.5) is 17.1 Å². The minimum atomic E-state index is -0.362. The van der Waals surface area contributed by atoms with Gasteiger partial charge in [-0.15, -0.1) is 0 Å². The molecule has 0 saturated carbocycles. The fraction of sp³-hybridized carbons (Fsp3) is 0.600. The third-order valence-corrected chi connectivity index (χ3v) is 3.64. The lowest BCUT2D eigenvalue weighted by Crippen LogP contribution is -2.44. The van der Waals surface area contributed by atoms with Crippen molar-refractivity contribution in [2.75, 3.05) is 37.8 Å². The van der Waals surface area contributed by atoms with Crippen molar-refractivity contribution in [1.29, 1.82) is 0 Å². The second-order valence-corrected chi connectivity index (χ2v) is 6.01. The molecular weight excluding hydrogens is 268 g/mol. The molecule has 0 spiro atoms. The number of nitro groups is 1. The molecule has 21 heavy (non-hydrogen) atoms. The van der Waals surface area contributed by atoms with Crippen molar-refractivity contribution in [3.05, 3.63) is 28.3 Å². The van der Waals surface area contributed by atoms with E-state index in [-0.39, 0.29) is 16.1 Å². The smallest absolute Gasteiger partial charge is 0.273 e. The molecule has 0 unspecified atom stereocenters. The van der Waals surface area contributed by atoms with Crippen LogP contribution in [0, 0.1) is 10.1 Å². The first-order chi connectivity index (χ1) is 9.76. The van der Waals surface area contributed by atoms with Gasteiger partial charge in [0, 0.05) is 42.1 Å². The van der Waals surface area contributed by atoms with Crippen molar-refractivity contribution in [3.8, 4) is 0 Å². The van der Waals surface area contributed by atoms with Crippen molar-refractivity contribution >= 4 is 17.1 Å². The van der Waals surface area contributed by atoms with E-state index in [1.54, 1.807) is 12.1 Å². The van der Waals surface area contributed by atoms with E-state index >= 15 is 0 Å². The highest BCUT2D eigenvalue weighted by atomic mass is 16.6. The predicted octanol–water partition coefficient (Wildman–Crippen LogP) is 3.17. The molecule has 6 heteroatoms. The zero-order valence-corrected chi connectivity index (χ0v) is 13.6. The largest absolute Gasteiger partial charge is 0.385 e. The van der Waals surface area contributed by atoms with Crippen molar-refractivity contribution < 1.29 is 4.92 Å². The summed E-state index contributed by atoms with van der Waals surface area (Å²) in [6, 6.07) is 5.05. The quantitative estimate of drug-likeness (QED) is 0.569. The number of hydrogen-bond acceptors (Lipinski definition) is 5. The van der Waals surface area contributed by atoms with Crippen LogP contribution in [0.1, 0.15) is 27.2 Å². The Morgan fingerprint density at radius 3 is 2.24 bits per heavy atom. The molecule has 0 atom stereocenters. The molecule has 1 rings (SSSR count). The van der Waals surface area contributed by atoms with Gasteiger partial charge in [-0.2, -0.15) is 0 Å². The summed E-state index contributed by atoms with van der Waals surface area (Å²) in [7, 11) is 4.03. The molecular formula is C15H26N4O2. The number of likely N-dealkylation sites (N-methyl/N-ethyl adjacent to an activating group) is 1. The molecule has 0 radical (unpaired) electrons. The molecule has 0 bridgehead atoms. The summed E-state index contributed by atoms with van der Waals surface area (Å²) in [5.41, 5.74) is 1.59. The Hall–Kier alpha value is -1.82. The maximum absolute atomic E-state index is 11.0. The lowest BCUT2D eigenvalue weighted by atomic mass is 10.0.